The van der Waals surface area contributed by atoms with E-state index in [0.717, 1.165) is 12.1 Å². The van der Waals surface area contributed by atoms with Crippen LogP contribution in [0.2, 0.25) is 0 Å². The minimum absolute atomic E-state index is 0.00468. The van der Waals surface area contributed by atoms with Crippen LogP contribution in [0.1, 0.15) is 27.0 Å². The highest BCUT2D eigenvalue weighted by molar-refractivity contribution is 7.83. The lowest BCUT2D eigenvalue weighted by Gasteiger charge is -2.09. The number of carbonyl (C=O) groups is 1. The molecule has 0 aliphatic rings. The maximum Gasteiger partial charge on any atom is 0.416 e. The van der Waals surface area contributed by atoms with Crippen molar-refractivity contribution < 1.29 is 22.2 Å². The van der Waals surface area contributed by atoms with E-state index >= 15 is 0 Å². The molecule has 0 heterocycles. The van der Waals surface area contributed by atoms with E-state index in [1.54, 1.807) is 18.2 Å². The average molecular weight is 341 g/mol. The van der Waals surface area contributed by atoms with E-state index in [9.17, 15) is 22.2 Å². The van der Waals surface area contributed by atoms with Gasteiger partial charge in [0.05, 0.1) is 5.56 Å². The average Bonchev–Trinajstić information content (AvgIpc) is 2.46. The van der Waals surface area contributed by atoms with Crippen molar-refractivity contribution in [3.8, 4) is 0 Å². The van der Waals surface area contributed by atoms with Gasteiger partial charge in [-0.15, -0.1) is 0 Å². The monoisotopic (exact) mass is 341 g/mol. The van der Waals surface area contributed by atoms with Gasteiger partial charge in [0.25, 0.3) is 0 Å². The van der Waals surface area contributed by atoms with Crippen molar-refractivity contribution in [3.05, 3.63) is 70.8 Å². The number of hydrogen-bond acceptors (Lipinski definition) is 2. The molecular weight excluding hydrogens is 327 g/mol. The number of amides is 1. The summed E-state index contributed by atoms with van der Waals surface area (Å²) < 4.78 is 50.1. The van der Waals surface area contributed by atoms with E-state index in [1.807, 2.05) is 0 Å². The smallest absolute Gasteiger partial charge is 0.366 e. The van der Waals surface area contributed by atoms with Crippen LogP contribution in [0, 0.1) is 0 Å². The Morgan fingerprint density at radius 2 is 1.57 bits per heavy atom. The van der Waals surface area contributed by atoms with Crippen LogP contribution in [0.15, 0.2) is 48.5 Å². The summed E-state index contributed by atoms with van der Waals surface area (Å²) in [4.78, 5) is 11.1. The summed E-state index contributed by atoms with van der Waals surface area (Å²) in [6.07, 6.45) is -4.42. The Kier molecular flexibility index (Phi) is 5.20. The summed E-state index contributed by atoms with van der Waals surface area (Å²) in [6, 6.07) is 11.2. The number of nitrogens with two attached hydrogens (primary N) is 1. The van der Waals surface area contributed by atoms with Crippen molar-refractivity contribution in [3.63, 3.8) is 0 Å². The Labute approximate surface area is 133 Å². The van der Waals surface area contributed by atoms with E-state index < -0.39 is 28.4 Å². The van der Waals surface area contributed by atoms with Crippen molar-refractivity contribution in [2.24, 2.45) is 5.73 Å². The molecule has 1 amide bonds. The molecule has 0 spiro atoms. The van der Waals surface area contributed by atoms with E-state index in [2.05, 4.69) is 0 Å². The van der Waals surface area contributed by atoms with Gasteiger partial charge in [-0.3, -0.25) is 9.00 Å². The fourth-order valence-corrected chi connectivity index (χ4v) is 3.28. The normalized spacial score (nSPS) is 12.8. The summed E-state index contributed by atoms with van der Waals surface area (Å²) >= 11 is 0. The number of benzene rings is 2. The van der Waals surface area contributed by atoms with Gasteiger partial charge in [0, 0.05) is 27.9 Å². The number of primary amides is 1. The van der Waals surface area contributed by atoms with Crippen molar-refractivity contribution in [1.29, 1.82) is 0 Å². The molecule has 2 aromatic rings. The summed E-state index contributed by atoms with van der Waals surface area (Å²) in [5.41, 5.74) is 5.71. The summed E-state index contributed by atoms with van der Waals surface area (Å²) in [5, 5.41) is 0. The van der Waals surface area contributed by atoms with Gasteiger partial charge in [-0.25, -0.2) is 0 Å². The molecule has 122 valence electrons. The second-order valence-corrected chi connectivity index (χ2v) is 6.45. The highest BCUT2D eigenvalue weighted by Gasteiger charge is 2.30. The molecule has 0 radical (unpaired) electrons. The van der Waals surface area contributed by atoms with Crippen LogP contribution in [-0.4, -0.2) is 10.1 Å². The molecule has 7 heteroatoms. The molecule has 0 aliphatic heterocycles. The first-order valence-corrected chi connectivity index (χ1v) is 8.14. The zero-order valence-corrected chi connectivity index (χ0v) is 12.8. The minimum Gasteiger partial charge on any atom is -0.366 e. The fourth-order valence-electron chi connectivity index (χ4n) is 2.07. The highest BCUT2D eigenvalue weighted by Crippen LogP contribution is 2.29. The molecule has 3 nitrogen and oxygen atoms in total. The number of alkyl halides is 3. The molecule has 0 unspecified atom stereocenters. The Balaban J connectivity index is 2.08. The molecule has 0 aliphatic carbocycles. The summed E-state index contributed by atoms with van der Waals surface area (Å²) in [6.45, 7) is 0. The second kappa shape index (κ2) is 6.95. The Hall–Kier alpha value is -2.15. The summed E-state index contributed by atoms with van der Waals surface area (Å²) in [7, 11) is -1.40. The molecule has 0 saturated heterocycles. The molecule has 2 aromatic carbocycles. The molecule has 23 heavy (non-hydrogen) atoms. The Morgan fingerprint density at radius 1 is 1.00 bits per heavy atom. The predicted octanol–water partition coefficient (Wildman–Crippen LogP) is 3.25. The van der Waals surface area contributed by atoms with E-state index in [-0.39, 0.29) is 11.5 Å². The first-order chi connectivity index (χ1) is 10.8. The van der Waals surface area contributed by atoms with Gasteiger partial charge in [0.15, 0.2) is 0 Å². The number of hydrogen-bond donors (Lipinski definition) is 1. The molecule has 2 N–H and O–H groups in total. The quantitative estimate of drug-likeness (QED) is 0.907. The summed E-state index contributed by atoms with van der Waals surface area (Å²) in [5.74, 6) is -0.447. The van der Waals surface area contributed by atoms with Gasteiger partial charge in [-0.1, -0.05) is 30.3 Å². The highest BCUT2D eigenvalue weighted by atomic mass is 32.2. The third-order valence-corrected chi connectivity index (χ3v) is 4.43. The van der Waals surface area contributed by atoms with Crippen molar-refractivity contribution in [1.82, 2.24) is 0 Å². The zero-order chi connectivity index (χ0) is 17.0. The lowest BCUT2D eigenvalue weighted by molar-refractivity contribution is -0.137. The second-order valence-electron chi connectivity index (χ2n) is 4.99. The number of rotatable bonds is 5. The Bertz CT molecular complexity index is 744. The van der Waals surface area contributed by atoms with Crippen LogP contribution in [0.3, 0.4) is 0 Å². The fraction of sp³-hybridized carbons (Fsp3) is 0.188. The lowest BCUT2D eigenvalue weighted by Crippen LogP contribution is -2.11. The Morgan fingerprint density at radius 3 is 2.13 bits per heavy atom. The van der Waals surface area contributed by atoms with E-state index in [4.69, 9.17) is 5.73 Å². The molecular formula is C16H14F3NO2S. The first-order valence-electron chi connectivity index (χ1n) is 6.65. The van der Waals surface area contributed by atoms with Gasteiger partial charge in [0.1, 0.15) is 0 Å². The SMILES string of the molecule is NC(=O)c1cccc(C[S@](=O)Cc2cccc(C(F)(F)F)c2)c1. The van der Waals surface area contributed by atoms with Gasteiger partial charge in [-0.2, -0.15) is 13.2 Å². The number of carbonyl (C=O) groups excluding carboxylic acids is 1. The van der Waals surface area contributed by atoms with E-state index in [0.29, 0.717) is 16.7 Å². The zero-order valence-electron chi connectivity index (χ0n) is 12.0. The topological polar surface area (TPSA) is 60.2 Å². The molecule has 0 fully saturated rings. The molecule has 2 rings (SSSR count). The molecule has 1 atom stereocenters. The third-order valence-electron chi connectivity index (χ3n) is 3.12. The van der Waals surface area contributed by atoms with Crippen molar-refractivity contribution in [2.75, 3.05) is 0 Å². The van der Waals surface area contributed by atoms with E-state index in [1.165, 1.54) is 18.2 Å². The van der Waals surface area contributed by atoms with Gasteiger partial charge in [0.2, 0.25) is 5.91 Å². The lowest BCUT2D eigenvalue weighted by atomic mass is 10.1. The molecule has 0 saturated carbocycles. The van der Waals surface area contributed by atoms with Crippen LogP contribution in [0.5, 0.6) is 0 Å². The van der Waals surface area contributed by atoms with Crippen LogP contribution < -0.4 is 5.73 Å². The van der Waals surface area contributed by atoms with Gasteiger partial charge >= 0.3 is 6.18 Å². The first kappa shape index (κ1) is 17.2. The number of halogens is 3. The van der Waals surface area contributed by atoms with Crippen molar-refractivity contribution >= 4 is 16.7 Å². The third kappa shape index (κ3) is 4.92. The standard InChI is InChI=1S/C16H14F3NO2S/c17-16(18,19)14-6-2-4-12(8-14)10-23(22)9-11-3-1-5-13(7-11)15(20)21/h1-8H,9-10H2,(H2,20,21)/t23-/m0/s1. The van der Waals surface area contributed by atoms with Crippen molar-refractivity contribution in [2.45, 2.75) is 17.7 Å². The minimum atomic E-state index is -4.42. The molecule has 0 bridgehead atoms. The van der Waals surface area contributed by atoms with Gasteiger partial charge < -0.3 is 5.73 Å². The maximum absolute atomic E-state index is 12.7. The van der Waals surface area contributed by atoms with Crippen LogP contribution in [-0.2, 0) is 28.5 Å². The van der Waals surface area contributed by atoms with Gasteiger partial charge in [-0.05, 0) is 29.3 Å². The maximum atomic E-state index is 12.7. The largest absolute Gasteiger partial charge is 0.416 e. The van der Waals surface area contributed by atoms with Crippen LogP contribution >= 0.6 is 0 Å². The van der Waals surface area contributed by atoms with Crippen LogP contribution in [0.25, 0.3) is 0 Å². The van der Waals surface area contributed by atoms with Crippen LogP contribution in [0.4, 0.5) is 13.2 Å². The predicted molar refractivity (Wildman–Crippen MR) is 82.0 cm³/mol. The molecule has 0 aromatic heterocycles.